The summed E-state index contributed by atoms with van der Waals surface area (Å²) in [6, 6.07) is 5.26. The fraction of sp³-hybridized carbons (Fsp3) is 0.462. The van der Waals surface area contributed by atoms with Gasteiger partial charge in [-0.05, 0) is 32.0 Å². The summed E-state index contributed by atoms with van der Waals surface area (Å²) in [5.41, 5.74) is 12.9. The van der Waals surface area contributed by atoms with E-state index < -0.39 is 5.91 Å². The lowest BCUT2D eigenvalue weighted by Crippen LogP contribution is -2.46. The molecular weight excluding hydrogens is 230 g/mol. The normalized spacial score (nSPS) is 24.0. The van der Waals surface area contributed by atoms with Crippen molar-refractivity contribution < 1.29 is 9.53 Å². The van der Waals surface area contributed by atoms with Gasteiger partial charge in [0.25, 0.3) is 5.91 Å². The van der Waals surface area contributed by atoms with Crippen molar-refractivity contribution in [2.75, 3.05) is 23.7 Å². The Kier molecular flexibility index (Phi) is 3.43. The maximum atomic E-state index is 11.5. The van der Waals surface area contributed by atoms with Crippen LogP contribution in [0.4, 0.5) is 11.4 Å². The fourth-order valence-electron chi connectivity index (χ4n) is 2.40. The number of carbonyl (C=O) groups excluding carboxylic acids is 1. The lowest BCUT2D eigenvalue weighted by molar-refractivity contribution is -0.00526. The summed E-state index contributed by atoms with van der Waals surface area (Å²) in [4.78, 5) is 13.6. The van der Waals surface area contributed by atoms with Crippen LogP contribution in [0.2, 0.25) is 0 Å². The molecule has 0 radical (unpaired) electrons. The van der Waals surface area contributed by atoms with Crippen LogP contribution in [0.25, 0.3) is 0 Å². The molecular formula is C13H19N3O2. The van der Waals surface area contributed by atoms with Crippen LogP contribution >= 0.6 is 0 Å². The number of morpholine rings is 1. The number of hydrogen-bond donors (Lipinski definition) is 2. The standard InChI is InChI=1S/C13H19N3O2/c1-8-6-16(7-9(2)18-8)12-4-3-10(14)5-11(12)13(15)17/h3-5,8-9H,6-7,14H2,1-2H3,(H2,15,17). The Morgan fingerprint density at radius 1 is 1.33 bits per heavy atom. The van der Waals surface area contributed by atoms with Crippen LogP contribution < -0.4 is 16.4 Å². The summed E-state index contributed by atoms with van der Waals surface area (Å²) in [7, 11) is 0. The van der Waals surface area contributed by atoms with Crippen LogP contribution in [0, 0.1) is 0 Å². The smallest absolute Gasteiger partial charge is 0.250 e. The molecule has 1 heterocycles. The highest BCUT2D eigenvalue weighted by atomic mass is 16.5. The number of anilines is 2. The second-order valence-corrected chi connectivity index (χ2v) is 4.80. The summed E-state index contributed by atoms with van der Waals surface area (Å²) in [6.07, 6.45) is 0.263. The Morgan fingerprint density at radius 3 is 2.50 bits per heavy atom. The molecule has 4 N–H and O–H groups in total. The molecule has 2 rings (SSSR count). The first-order valence-electron chi connectivity index (χ1n) is 6.07. The largest absolute Gasteiger partial charge is 0.399 e. The third-order valence-corrected chi connectivity index (χ3v) is 3.05. The van der Waals surface area contributed by atoms with E-state index in [0.717, 1.165) is 18.8 Å². The summed E-state index contributed by atoms with van der Waals surface area (Å²) in [5.74, 6) is -0.455. The Labute approximate surface area is 107 Å². The molecule has 1 aliphatic rings. The molecule has 0 saturated carbocycles. The Morgan fingerprint density at radius 2 is 1.94 bits per heavy atom. The van der Waals surface area contributed by atoms with Gasteiger partial charge in [-0.3, -0.25) is 4.79 Å². The van der Waals surface area contributed by atoms with Gasteiger partial charge in [0.15, 0.2) is 0 Å². The predicted molar refractivity (Wildman–Crippen MR) is 71.6 cm³/mol. The van der Waals surface area contributed by atoms with Crippen LogP contribution in [0.15, 0.2) is 18.2 Å². The monoisotopic (exact) mass is 249 g/mol. The van der Waals surface area contributed by atoms with E-state index in [1.165, 1.54) is 0 Å². The summed E-state index contributed by atoms with van der Waals surface area (Å²) in [5, 5.41) is 0. The highest BCUT2D eigenvalue weighted by molar-refractivity contribution is 5.99. The second kappa shape index (κ2) is 4.86. The zero-order valence-corrected chi connectivity index (χ0v) is 10.7. The summed E-state index contributed by atoms with van der Waals surface area (Å²) in [6.45, 7) is 5.52. The highest BCUT2D eigenvalue weighted by Crippen LogP contribution is 2.26. The van der Waals surface area contributed by atoms with Crippen molar-refractivity contribution in [3.05, 3.63) is 23.8 Å². The maximum absolute atomic E-state index is 11.5. The number of primary amides is 1. The van der Waals surface area contributed by atoms with Crippen LogP contribution in [0.5, 0.6) is 0 Å². The average Bonchev–Trinajstić information content (AvgIpc) is 2.27. The van der Waals surface area contributed by atoms with Gasteiger partial charge in [0, 0.05) is 24.5 Å². The minimum Gasteiger partial charge on any atom is -0.399 e. The zero-order valence-electron chi connectivity index (χ0n) is 10.7. The minimum atomic E-state index is -0.455. The number of carbonyl (C=O) groups is 1. The third-order valence-electron chi connectivity index (χ3n) is 3.05. The number of amides is 1. The molecule has 0 spiro atoms. The van der Waals surface area contributed by atoms with E-state index in [4.69, 9.17) is 16.2 Å². The van der Waals surface area contributed by atoms with Crippen molar-refractivity contribution >= 4 is 17.3 Å². The molecule has 5 heteroatoms. The minimum absolute atomic E-state index is 0.132. The first-order valence-corrected chi connectivity index (χ1v) is 6.07. The molecule has 18 heavy (non-hydrogen) atoms. The average molecular weight is 249 g/mol. The SMILES string of the molecule is CC1CN(c2ccc(N)cc2C(N)=O)CC(C)O1. The lowest BCUT2D eigenvalue weighted by Gasteiger charge is -2.37. The number of nitrogen functional groups attached to an aromatic ring is 1. The van der Waals surface area contributed by atoms with Gasteiger partial charge in [-0.25, -0.2) is 0 Å². The number of ether oxygens (including phenoxy) is 1. The van der Waals surface area contributed by atoms with Gasteiger partial charge in [-0.1, -0.05) is 0 Å². The van der Waals surface area contributed by atoms with Gasteiger partial charge >= 0.3 is 0 Å². The van der Waals surface area contributed by atoms with Crippen molar-refractivity contribution in [3.8, 4) is 0 Å². The second-order valence-electron chi connectivity index (χ2n) is 4.80. The highest BCUT2D eigenvalue weighted by Gasteiger charge is 2.25. The molecule has 1 amide bonds. The first-order chi connectivity index (χ1) is 8.47. The number of nitrogens with zero attached hydrogens (tertiary/aromatic N) is 1. The van der Waals surface area contributed by atoms with Gasteiger partial charge in [0.1, 0.15) is 0 Å². The van der Waals surface area contributed by atoms with E-state index in [1.54, 1.807) is 12.1 Å². The molecule has 2 atom stereocenters. The third kappa shape index (κ3) is 2.56. The Bertz CT molecular complexity index is 452. The number of rotatable bonds is 2. The van der Waals surface area contributed by atoms with Gasteiger partial charge in [0.05, 0.1) is 17.8 Å². The molecule has 1 aromatic carbocycles. The number of nitrogens with two attached hydrogens (primary N) is 2. The Balaban J connectivity index is 2.35. The van der Waals surface area contributed by atoms with Crippen molar-refractivity contribution in [1.29, 1.82) is 0 Å². The molecule has 1 saturated heterocycles. The van der Waals surface area contributed by atoms with Crippen LogP contribution in [-0.4, -0.2) is 31.2 Å². The van der Waals surface area contributed by atoms with Crippen LogP contribution in [0.1, 0.15) is 24.2 Å². The molecule has 0 aromatic heterocycles. The van der Waals surface area contributed by atoms with E-state index in [-0.39, 0.29) is 12.2 Å². The quantitative estimate of drug-likeness (QED) is 0.765. The molecule has 0 bridgehead atoms. The summed E-state index contributed by atoms with van der Waals surface area (Å²) < 4.78 is 5.68. The summed E-state index contributed by atoms with van der Waals surface area (Å²) >= 11 is 0. The Hall–Kier alpha value is -1.75. The van der Waals surface area contributed by atoms with Crippen molar-refractivity contribution in [2.24, 2.45) is 5.73 Å². The molecule has 98 valence electrons. The predicted octanol–water partition coefficient (Wildman–Crippen LogP) is 0.981. The topological polar surface area (TPSA) is 81.6 Å². The molecule has 0 aliphatic carbocycles. The number of hydrogen-bond acceptors (Lipinski definition) is 4. The van der Waals surface area contributed by atoms with Crippen molar-refractivity contribution in [2.45, 2.75) is 26.1 Å². The lowest BCUT2D eigenvalue weighted by atomic mass is 10.1. The van der Waals surface area contributed by atoms with E-state index in [9.17, 15) is 4.79 Å². The molecule has 5 nitrogen and oxygen atoms in total. The zero-order chi connectivity index (χ0) is 13.3. The maximum Gasteiger partial charge on any atom is 0.250 e. The van der Waals surface area contributed by atoms with E-state index in [2.05, 4.69) is 4.90 Å². The van der Waals surface area contributed by atoms with E-state index >= 15 is 0 Å². The van der Waals surface area contributed by atoms with Crippen molar-refractivity contribution in [3.63, 3.8) is 0 Å². The van der Waals surface area contributed by atoms with Gasteiger partial charge in [0.2, 0.25) is 0 Å². The molecule has 2 unspecified atom stereocenters. The van der Waals surface area contributed by atoms with Gasteiger partial charge in [-0.15, -0.1) is 0 Å². The van der Waals surface area contributed by atoms with Gasteiger partial charge in [-0.2, -0.15) is 0 Å². The van der Waals surface area contributed by atoms with E-state index in [0.29, 0.717) is 11.3 Å². The molecule has 1 fully saturated rings. The first kappa shape index (κ1) is 12.7. The van der Waals surface area contributed by atoms with Crippen molar-refractivity contribution in [1.82, 2.24) is 0 Å². The van der Waals surface area contributed by atoms with Gasteiger partial charge < -0.3 is 21.1 Å². The number of benzene rings is 1. The molecule has 1 aromatic rings. The van der Waals surface area contributed by atoms with Crippen LogP contribution in [0.3, 0.4) is 0 Å². The fourth-order valence-corrected chi connectivity index (χ4v) is 2.40. The molecule has 1 aliphatic heterocycles. The van der Waals surface area contributed by atoms with E-state index in [1.807, 2.05) is 19.9 Å². The van der Waals surface area contributed by atoms with Crippen LogP contribution in [-0.2, 0) is 4.74 Å².